The lowest BCUT2D eigenvalue weighted by Gasteiger charge is -2.25. The zero-order valence-corrected chi connectivity index (χ0v) is 23.8. The Labute approximate surface area is 223 Å². The molecule has 1 aliphatic heterocycles. The monoisotopic (exact) mass is 555 g/mol. The van der Waals surface area contributed by atoms with Gasteiger partial charge in [0.2, 0.25) is 5.91 Å². The summed E-state index contributed by atoms with van der Waals surface area (Å²) in [6.07, 6.45) is 2.11. The molecular weight excluding hydrogens is 518 g/mol. The Bertz CT molecular complexity index is 1120. The Morgan fingerprint density at radius 3 is 2.42 bits per heavy atom. The molecule has 3 rings (SSSR count). The molecule has 6 nitrogen and oxygen atoms in total. The van der Waals surface area contributed by atoms with Gasteiger partial charge < -0.3 is 14.9 Å². The molecule has 0 aromatic heterocycles. The Hall–Kier alpha value is -2.67. The van der Waals surface area contributed by atoms with Crippen LogP contribution in [0.25, 0.3) is 0 Å². The number of hydrogen-bond donors (Lipinski definition) is 1. The van der Waals surface area contributed by atoms with Crippen molar-refractivity contribution in [1.29, 1.82) is 0 Å². The minimum Gasteiger partial charge on any atom is -0.507 e. The maximum Gasteiger partial charge on any atom is 0.219 e. The van der Waals surface area contributed by atoms with Crippen LogP contribution in [0.1, 0.15) is 80.4 Å². The summed E-state index contributed by atoms with van der Waals surface area (Å²) in [7, 11) is 1.69. The van der Waals surface area contributed by atoms with Crippen LogP contribution in [0.5, 0.6) is 5.75 Å². The van der Waals surface area contributed by atoms with Gasteiger partial charge in [0.1, 0.15) is 11.6 Å². The molecule has 0 spiro atoms. The third-order valence-electron chi connectivity index (χ3n) is 7.03. The first-order chi connectivity index (χ1) is 17.0. The largest absolute Gasteiger partial charge is 0.507 e. The summed E-state index contributed by atoms with van der Waals surface area (Å²) in [5.41, 5.74) is 2.64. The smallest absolute Gasteiger partial charge is 0.219 e. The van der Waals surface area contributed by atoms with Crippen molar-refractivity contribution in [2.75, 3.05) is 20.1 Å². The highest BCUT2D eigenvalue weighted by Crippen LogP contribution is 2.39. The average Bonchev–Trinajstić information content (AvgIpc) is 3.16. The van der Waals surface area contributed by atoms with E-state index in [1.165, 1.54) is 17.4 Å². The van der Waals surface area contributed by atoms with Gasteiger partial charge in [-0.2, -0.15) is 4.02 Å². The van der Waals surface area contributed by atoms with E-state index in [0.29, 0.717) is 22.6 Å². The highest BCUT2D eigenvalue weighted by Gasteiger charge is 2.39. The highest BCUT2D eigenvalue weighted by molar-refractivity contribution is 9.08. The summed E-state index contributed by atoms with van der Waals surface area (Å²) in [6, 6.07) is 13.9. The number of halogens is 1. The molecule has 1 N–H and O–H groups in total. The number of phenols is 1. The second-order valence-electron chi connectivity index (χ2n) is 10.8. The molecule has 1 aliphatic rings. The van der Waals surface area contributed by atoms with Crippen LogP contribution in [0.15, 0.2) is 46.5 Å². The SMILES string of the molecule is CCC[C@H]1CN(CC(=O)c2cc(CN(C)C(C)=O)c(O)c(C(C)(C)C)c2)C(=NBr)[C@@H]1c1ccccc1. The van der Waals surface area contributed by atoms with E-state index < -0.39 is 0 Å². The van der Waals surface area contributed by atoms with Crippen molar-refractivity contribution in [3.05, 3.63) is 64.7 Å². The van der Waals surface area contributed by atoms with E-state index in [4.69, 9.17) is 0 Å². The first-order valence-electron chi connectivity index (χ1n) is 12.6. The normalized spacial score (nSPS) is 19.1. The number of amidine groups is 1. The van der Waals surface area contributed by atoms with E-state index in [1.807, 2.05) is 39.0 Å². The number of phenolic OH excluding ortho intramolecular Hbond substituents is 1. The number of Topliss-reactive ketones (excluding diaryl/α,β-unsaturated/α-hetero) is 1. The topological polar surface area (TPSA) is 73.2 Å². The summed E-state index contributed by atoms with van der Waals surface area (Å²) in [5.74, 6) is 1.37. The Kier molecular flexibility index (Phi) is 8.98. The number of carbonyl (C=O) groups is 2. The molecule has 0 saturated carbocycles. The molecule has 1 amide bonds. The molecule has 194 valence electrons. The molecule has 2 atom stereocenters. The van der Waals surface area contributed by atoms with Gasteiger partial charge in [-0.25, -0.2) is 0 Å². The fourth-order valence-corrected chi connectivity index (χ4v) is 5.48. The molecular formula is C29H38BrN3O3. The highest BCUT2D eigenvalue weighted by atomic mass is 79.9. The maximum atomic E-state index is 13.7. The second-order valence-corrected chi connectivity index (χ2v) is 11.2. The molecule has 7 heteroatoms. The predicted octanol–water partition coefficient (Wildman–Crippen LogP) is 6.07. The van der Waals surface area contributed by atoms with E-state index in [2.05, 4.69) is 44.1 Å². The number of carbonyl (C=O) groups excluding carboxylic acids is 2. The summed E-state index contributed by atoms with van der Waals surface area (Å²) in [4.78, 5) is 29.1. The molecule has 2 aromatic rings. The van der Waals surface area contributed by atoms with Crippen LogP contribution in [-0.4, -0.2) is 52.6 Å². The van der Waals surface area contributed by atoms with Crippen LogP contribution in [-0.2, 0) is 16.8 Å². The van der Waals surface area contributed by atoms with Gasteiger partial charge in [-0.3, -0.25) is 9.59 Å². The third kappa shape index (κ3) is 6.17. The second kappa shape index (κ2) is 11.6. The van der Waals surface area contributed by atoms with Crippen LogP contribution < -0.4 is 0 Å². The van der Waals surface area contributed by atoms with Crippen molar-refractivity contribution in [2.45, 2.75) is 65.3 Å². The number of hydrogen-bond acceptors (Lipinski definition) is 4. The quantitative estimate of drug-likeness (QED) is 0.401. The lowest BCUT2D eigenvalue weighted by Crippen LogP contribution is -2.32. The number of ketones is 1. The Morgan fingerprint density at radius 1 is 1.19 bits per heavy atom. The van der Waals surface area contributed by atoms with E-state index in [1.54, 1.807) is 19.2 Å². The minimum absolute atomic E-state index is 0.0372. The number of amides is 1. The van der Waals surface area contributed by atoms with Crippen LogP contribution in [0.3, 0.4) is 0 Å². The van der Waals surface area contributed by atoms with Gasteiger partial charge in [-0.05, 0) is 35.4 Å². The van der Waals surface area contributed by atoms with Gasteiger partial charge in [0, 0.05) is 49.7 Å². The molecule has 0 aliphatic carbocycles. The molecule has 1 heterocycles. The summed E-state index contributed by atoms with van der Waals surface area (Å²) >= 11 is 3.34. The first-order valence-corrected chi connectivity index (χ1v) is 13.3. The molecule has 0 bridgehead atoms. The van der Waals surface area contributed by atoms with Gasteiger partial charge in [0.25, 0.3) is 0 Å². The molecule has 0 radical (unpaired) electrons. The van der Waals surface area contributed by atoms with Crippen molar-refractivity contribution in [3.8, 4) is 5.75 Å². The standard InChI is InChI=1S/C29H38BrN3O3/c1-7-11-21-17-33(28(31-30)26(21)20-12-9-8-10-13-20)18-25(35)22-14-23(16-32(6)19(2)34)27(36)24(15-22)29(3,4)5/h8-10,12-15,21,26,36H,7,11,16-18H2,1-6H3/t21-,26+/m0/s1. The van der Waals surface area contributed by atoms with Crippen molar-refractivity contribution >= 4 is 33.7 Å². The Morgan fingerprint density at radius 2 is 1.86 bits per heavy atom. The number of likely N-dealkylation sites (tertiary alicyclic amines) is 1. The average molecular weight is 557 g/mol. The lowest BCUT2D eigenvalue weighted by molar-refractivity contribution is -0.128. The number of benzene rings is 2. The van der Waals surface area contributed by atoms with E-state index in [0.717, 1.165) is 25.2 Å². The molecule has 1 fully saturated rings. The van der Waals surface area contributed by atoms with Crippen LogP contribution in [0.4, 0.5) is 0 Å². The van der Waals surface area contributed by atoms with Crippen LogP contribution in [0, 0.1) is 5.92 Å². The molecule has 0 unspecified atom stereocenters. The molecule has 2 aromatic carbocycles. The minimum atomic E-state index is -0.370. The summed E-state index contributed by atoms with van der Waals surface area (Å²) in [6.45, 7) is 10.9. The van der Waals surface area contributed by atoms with Crippen molar-refractivity contribution in [2.24, 2.45) is 9.94 Å². The summed E-state index contributed by atoms with van der Waals surface area (Å²) in [5, 5.41) is 11.0. The van der Waals surface area contributed by atoms with Crippen molar-refractivity contribution < 1.29 is 14.7 Å². The lowest BCUT2D eigenvalue weighted by atomic mass is 9.83. The fraction of sp³-hybridized carbons (Fsp3) is 0.483. The van der Waals surface area contributed by atoms with E-state index in [-0.39, 0.29) is 41.9 Å². The van der Waals surface area contributed by atoms with Crippen molar-refractivity contribution in [1.82, 2.24) is 9.80 Å². The van der Waals surface area contributed by atoms with Gasteiger partial charge in [0.05, 0.1) is 22.7 Å². The van der Waals surface area contributed by atoms with E-state index in [9.17, 15) is 14.7 Å². The zero-order valence-electron chi connectivity index (χ0n) is 22.2. The third-order valence-corrected chi connectivity index (χ3v) is 7.39. The molecule has 1 saturated heterocycles. The van der Waals surface area contributed by atoms with Gasteiger partial charge in [-0.1, -0.05) is 64.4 Å². The fourth-order valence-electron chi connectivity index (χ4n) is 5.03. The predicted molar refractivity (Wildman–Crippen MR) is 149 cm³/mol. The summed E-state index contributed by atoms with van der Waals surface area (Å²) < 4.78 is 4.47. The van der Waals surface area contributed by atoms with Gasteiger partial charge >= 0.3 is 0 Å². The van der Waals surface area contributed by atoms with E-state index >= 15 is 0 Å². The zero-order chi connectivity index (χ0) is 26.6. The number of aromatic hydroxyl groups is 1. The molecule has 36 heavy (non-hydrogen) atoms. The number of nitrogens with zero attached hydrogens (tertiary/aromatic N) is 3. The maximum absolute atomic E-state index is 13.7. The van der Waals surface area contributed by atoms with Crippen LogP contribution in [0.2, 0.25) is 0 Å². The van der Waals surface area contributed by atoms with Gasteiger partial charge in [0.15, 0.2) is 5.78 Å². The van der Waals surface area contributed by atoms with Gasteiger partial charge in [-0.15, -0.1) is 0 Å². The first kappa shape index (κ1) is 27.9. The van der Waals surface area contributed by atoms with Crippen LogP contribution >= 0.6 is 16.1 Å². The number of rotatable bonds is 8. The Balaban J connectivity index is 1.95. The van der Waals surface area contributed by atoms with Crippen molar-refractivity contribution in [3.63, 3.8) is 0 Å².